The molecule has 1 aliphatic carbocycles. The molecule has 0 radical (unpaired) electrons. The Hall–Kier alpha value is 0. The third kappa shape index (κ3) is 6.22. The lowest BCUT2D eigenvalue weighted by molar-refractivity contribution is 0.354. The minimum Gasteiger partial charge on any atom is -0.0651 e. The topological polar surface area (TPSA) is 0 Å². The van der Waals surface area contributed by atoms with Gasteiger partial charge in [-0.05, 0) is 11.8 Å². The standard InChI is InChI=1S/C15H30/c1-3-14(2)12-13-15-10-8-6-4-5-7-9-11-15/h14-15H,3-13H2,1-2H3. The molecule has 0 nitrogen and oxygen atoms in total. The van der Waals surface area contributed by atoms with Crippen LogP contribution in [-0.4, -0.2) is 0 Å². The molecule has 15 heavy (non-hydrogen) atoms. The van der Waals surface area contributed by atoms with Crippen molar-refractivity contribution in [1.82, 2.24) is 0 Å². The van der Waals surface area contributed by atoms with Crippen LogP contribution in [0.2, 0.25) is 0 Å². The summed E-state index contributed by atoms with van der Waals surface area (Å²) in [7, 11) is 0. The van der Waals surface area contributed by atoms with Gasteiger partial charge < -0.3 is 0 Å². The van der Waals surface area contributed by atoms with E-state index in [2.05, 4.69) is 13.8 Å². The summed E-state index contributed by atoms with van der Waals surface area (Å²) in [5.41, 5.74) is 0. The Morgan fingerprint density at radius 3 is 2.00 bits per heavy atom. The quantitative estimate of drug-likeness (QED) is 0.569. The van der Waals surface area contributed by atoms with Crippen LogP contribution in [0.5, 0.6) is 0 Å². The van der Waals surface area contributed by atoms with E-state index in [0.29, 0.717) is 0 Å². The Morgan fingerprint density at radius 1 is 0.933 bits per heavy atom. The lowest BCUT2D eigenvalue weighted by Gasteiger charge is -2.17. The maximum atomic E-state index is 2.41. The molecule has 1 rings (SSSR count). The number of hydrogen-bond donors (Lipinski definition) is 0. The molecule has 0 bridgehead atoms. The normalized spacial score (nSPS) is 22.8. The second-order valence-electron chi connectivity index (χ2n) is 5.66. The van der Waals surface area contributed by atoms with Gasteiger partial charge in [-0.1, -0.05) is 84.5 Å². The summed E-state index contributed by atoms with van der Waals surface area (Å²) in [5.74, 6) is 2.02. The predicted molar refractivity (Wildman–Crippen MR) is 69.1 cm³/mol. The molecule has 0 aliphatic heterocycles. The minimum atomic E-state index is 0.956. The van der Waals surface area contributed by atoms with Crippen LogP contribution in [0.3, 0.4) is 0 Å². The van der Waals surface area contributed by atoms with Crippen molar-refractivity contribution in [2.24, 2.45) is 11.8 Å². The van der Waals surface area contributed by atoms with Crippen LogP contribution in [0.4, 0.5) is 0 Å². The van der Waals surface area contributed by atoms with E-state index in [1.807, 2.05) is 0 Å². The summed E-state index contributed by atoms with van der Waals surface area (Å²) in [5, 5.41) is 0. The van der Waals surface area contributed by atoms with Crippen molar-refractivity contribution in [3.63, 3.8) is 0 Å². The van der Waals surface area contributed by atoms with Crippen molar-refractivity contribution in [2.45, 2.75) is 84.5 Å². The first-order valence-electron chi connectivity index (χ1n) is 7.33. The van der Waals surface area contributed by atoms with Gasteiger partial charge in [0.15, 0.2) is 0 Å². The van der Waals surface area contributed by atoms with Gasteiger partial charge in [0.2, 0.25) is 0 Å². The van der Waals surface area contributed by atoms with Crippen LogP contribution in [0.15, 0.2) is 0 Å². The Bertz CT molecular complexity index is 129. The van der Waals surface area contributed by atoms with Crippen molar-refractivity contribution < 1.29 is 0 Å². The van der Waals surface area contributed by atoms with Gasteiger partial charge in [-0.25, -0.2) is 0 Å². The molecular weight excluding hydrogens is 180 g/mol. The first-order chi connectivity index (χ1) is 7.33. The summed E-state index contributed by atoms with van der Waals surface area (Å²) in [6.07, 6.45) is 16.4. The Morgan fingerprint density at radius 2 is 1.47 bits per heavy atom. The SMILES string of the molecule is CCC(C)CCC1CCCCCCCC1. The summed E-state index contributed by atoms with van der Waals surface area (Å²) in [6.45, 7) is 4.74. The molecule has 1 unspecified atom stereocenters. The predicted octanol–water partition coefficient (Wildman–Crippen LogP) is 5.56. The largest absolute Gasteiger partial charge is 0.0651 e. The lowest BCUT2D eigenvalue weighted by atomic mass is 9.89. The van der Waals surface area contributed by atoms with Crippen LogP contribution in [0.1, 0.15) is 84.5 Å². The van der Waals surface area contributed by atoms with Gasteiger partial charge in [-0.3, -0.25) is 0 Å². The molecule has 0 aromatic heterocycles. The molecule has 0 aromatic carbocycles. The zero-order chi connectivity index (χ0) is 10.9. The van der Waals surface area contributed by atoms with E-state index in [1.165, 1.54) is 70.6 Å². The average molecular weight is 210 g/mol. The molecule has 0 amide bonds. The second-order valence-corrected chi connectivity index (χ2v) is 5.66. The highest BCUT2D eigenvalue weighted by atomic mass is 14.2. The van der Waals surface area contributed by atoms with Gasteiger partial charge in [-0.15, -0.1) is 0 Å². The van der Waals surface area contributed by atoms with E-state index in [1.54, 1.807) is 0 Å². The lowest BCUT2D eigenvalue weighted by Crippen LogP contribution is -2.03. The summed E-state index contributed by atoms with van der Waals surface area (Å²) < 4.78 is 0. The van der Waals surface area contributed by atoms with Crippen molar-refractivity contribution in [1.29, 1.82) is 0 Å². The molecule has 0 heteroatoms. The van der Waals surface area contributed by atoms with Gasteiger partial charge in [0.05, 0.1) is 0 Å². The number of hydrogen-bond acceptors (Lipinski definition) is 0. The average Bonchev–Trinajstić information content (AvgIpc) is 2.39. The first kappa shape index (κ1) is 13.1. The van der Waals surface area contributed by atoms with E-state index in [4.69, 9.17) is 0 Å². The molecule has 1 fully saturated rings. The zero-order valence-corrected chi connectivity index (χ0v) is 10.9. The van der Waals surface area contributed by atoms with Crippen molar-refractivity contribution in [2.75, 3.05) is 0 Å². The van der Waals surface area contributed by atoms with Gasteiger partial charge in [0.25, 0.3) is 0 Å². The van der Waals surface area contributed by atoms with E-state index >= 15 is 0 Å². The van der Waals surface area contributed by atoms with Crippen molar-refractivity contribution in [3.8, 4) is 0 Å². The monoisotopic (exact) mass is 210 g/mol. The van der Waals surface area contributed by atoms with Crippen LogP contribution in [0, 0.1) is 11.8 Å². The molecule has 1 aliphatic rings. The highest BCUT2D eigenvalue weighted by Crippen LogP contribution is 2.27. The van der Waals surface area contributed by atoms with E-state index in [-0.39, 0.29) is 0 Å². The summed E-state index contributed by atoms with van der Waals surface area (Å²) in [6, 6.07) is 0. The summed E-state index contributed by atoms with van der Waals surface area (Å²) in [4.78, 5) is 0. The third-order valence-electron chi connectivity index (χ3n) is 4.24. The minimum absolute atomic E-state index is 0.956. The molecule has 0 N–H and O–H groups in total. The van der Waals surface area contributed by atoms with Gasteiger partial charge >= 0.3 is 0 Å². The van der Waals surface area contributed by atoms with Crippen LogP contribution < -0.4 is 0 Å². The maximum absolute atomic E-state index is 2.41. The van der Waals surface area contributed by atoms with E-state index in [0.717, 1.165) is 11.8 Å². The van der Waals surface area contributed by atoms with E-state index in [9.17, 15) is 0 Å². The molecule has 0 aromatic rings. The molecular formula is C15H30. The fraction of sp³-hybridized carbons (Fsp3) is 1.00. The zero-order valence-electron chi connectivity index (χ0n) is 10.9. The first-order valence-corrected chi connectivity index (χ1v) is 7.33. The van der Waals surface area contributed by atoms with Crippen LogP contribution >= 0.6 is 0 Å². The maximum Gasteiger partial charge on any atom is -0.0414 e. The fourth-order valence-corrected chi connectivity index (χ4v) is 2.73. The van der Waals surface area contributed by atoms with Gasteiger partial charge in [0, 0.05) is 0 Å². The summed E-state index contributed by atoms with van der Waals surface area (Å²) >= 11 is 0. The molecule has 0 saturated heterocycles. The molecule has 1 atom stereocenters. The van der Waals surface area contributed by atoms with E-state index < -0.39 is 0 Å². The molecule has 0 spiro atoms. The second kappa shape index (κ2) is 8.19. The fourth-order valence-electron chi connectivity index (χ4n) is 2.73. The van der Waals surface area contributed by atoms with Crippen molar-refractivity contribution >= 4 is 0 Å². The highest BCUT2D eigenvalue weighted by Gasteiger charge is 2.11. The molecule has 0 heterocycles. The van der Waals surface area contributed by atoms with Crippen LogP contribution in [0.25, 0.3) is 0 Å². The smallest absolute Gasteiger partial charge is 0.0414 e. The highest BCUT2D eigenvalue weighted by molar-refractivity contribution is 4.64. The Labute approximate surface area is 96.8 Å². The number of rotatable bonds is 4. The molecule has 90 valence electrons. The van der Waals surface area contributed by atoms with Crippen LogP contribution in [-0.2, 0) is 0 Å². The third-order valence-corrected chi connectivity index (χ3v) is 4.24. The Balaban J connectivity index is 2.18. The van der Waals surface area contributed by atoms with Gasteiger partial charge in [-0.2, -0.15) is 0 Å². The van der Waals surface area contributed by atoms with Crippen molar-refractivity contribution in [3.05, 3.63) is 0 Å². The Kier molecular flexibility index (Phi) is 7.13. The molecule has 1 saturated carbocycles. The van der Waals surface area contributed by atoms with Gasteiger partial charge in [0.1, 0.15) is 0 Å².